The molecule has 2 rings (SSSR count). The van der Waals surface area contributed by atoms with Crippen molar-refractivity contribution in [3.8, 4) is 0 Å². The molecule has 0 saturated heterocycles. The van der Waals surface area contributed by atoms with Crippen molar-refractivity contribution in [2.45, 2.75) is 44.1 Å². The second-order valence-corrected chi connectivity index (χ2v) is 7.31. The lowest BCUT2D eigenvalue weighted by Gasteiger charge is -2.31. The smallest absolute Gasteiger partial charge is 0.248 e. The summed E-state index contributed by atoms with van der Waals surface area (Å²) in [6, 6.07) is 4.06. The van der Waals surface area contributed by atoms with E-state index in [-0.39, 0.29) is 24.8 Å². The first-order valence-electron chi connectivity index (χ1n) is 5.84. The first kappa shape index (κ1) is 13.4. The Hall–Kier alpha value is -0.0000000000000000833. The fourth-order valence-corrected chi connectivity index (χ4v) is 3.91. The van der Waals surface area contributed by atoms with Gasteiger partial charge in [-0.1, -0.05) is 0 Å². The molecule has 1 nitrogen and oxygen atoms in total. The second-order valence-electron chi connectivity index (χ2n) is 4.77. The van der Waals surface area contributed by atoms with Crippen LogP contribution in [0.5, 0.6) is 0 Å². The summed E-state index contributed by atoms with van der Waals surface area (Å²) in [6.07, 6.45) is 1.91. The SMILES string of the molecule is NC(Cc1ccc(Br)s1)C1CCC(F)(F)CC1. The lowest BCUT2D eigenvalue weighted by Crippen LogP contribution is -2.37. The maximum Gasteiger partial charge on any atom is 0.248 e. The van der Waals surface area contributed by atoms with Gasteiger partial charge in [-0.25, -0.2) is 8.78 Å². The lowest BCUT2D eigenvalue weighted by molar-refractivity contribution is -0.0481. The van der Waals surface area contributed by atoms with Crippen molar-refractivity contribution in [2.24, 2.45) is 11.7 Å². The summed E-state index contributed by atoms with van der Waals surface area (Å²) >= 11 is 5.08. The Labute approximate surface area is 113 Å². The molecule has 0 radical (unpaired) electrons. The Morgan fingerprint density at radius 3 is 2.59 bits per heavy atom. The fraction of sp³-hybridized carbons (Fsp3) is 0.667. The molecular weight excluding hydrogens is 308 g/mol. The highest BCUT2D eigenvalue weighted by molar-refractivity contribution is 9.11. The standard InChI is InChI=1S/C12H16BrF2NS/c13-11-2-1-9(17-11)7-10(16)8-3-5-12(14,15)6-4-8/h1-2,8,10H,3-7,16H2. The molecule has 2 N–H and O–H groups in total. The molecule has 1 heterocycles. The lowest BCUT2D eigenvalue weighted by atomic mass is 9.81. The Morgan fingerprint density at radius 2 is 2.06 bits per heavy atom. The van der Waals surface area contributed by atoms with E-state index in [1.807, 2.05) is 12.1 Å². The van der Waals surface area contributed by atoms with Gasteiger partial charge in [-0.05, 0) is 53.2 Å². The van der Waals surface area contributed by atoms with E-state index < -0.39 is 5.92 Å². The zero-order valence-electron chi connectivity index (χ0n) is 9.46. The maximum atomic E-state index is 13.0. The minimum atomic E-state index is -2.46. The molecule has 1 aliphatic carbocycles. The van der Waals surface area contributed by atoms with E-state index in [9.17, 15) is 8.78 Å². The molecule has 0 bridgehead atoms. The van der Waals surface area contributed by atoms with Crippen molar-refractivity contribution in [1.82, 2.24) is 0 Å². The van der Waals surface area contributed by atoms with Crippen LogP contribution >= 0.6 is 27.3 Å². The van der Waals surface area contributed by atoms with Crippen LogP contribution in [0.1, 0.15) is 30.6 Å². The molecule has 0 spiro atoms. The molecule has 1 fully saturated rings. The number of hydrogen-bond acceptors (Lipinski definition) is 2. The summed E-state index contributed by atoms with van der Waals surface area (Å²) in [7, 11) is 0. The van der Waals surface area contributed by atoms with Crippen LogP contribution in [0.2, 0.25) is 0 Å². The highest BCUT2D eigenvalue weighted by atomic mass is 79.9. The van der Waals surface area contributed by atoms with Crippen molar-refractivity contribution in [2.75, 3.05) is 0 Å². The van der Waals surface area contributed by atoms with Crippen molar-refractivity contribution in [3.05, 3.63) is 20.8 Å². The predicted octanol–water partition coefficient (Wildman–Crippen LogP) is 4.21. The first-order chi connectivity index (χ1) is 7.96. The number of thiophene rings is 1. The molecule has 96 valence electrons. The zero-order valence-corrected chi connectivity index (χ0v) is 11.9. The number of hydrogen-bond donors (Lipinski definition) is 1. The van der Waals surface area contributed by atoms with Crippen LogP contribution in [0.3, 0.4) is 0 Å². The van der Waals surface area contributed by atoms with Gasteiger partial charge in [0, 0.05) is 23.8 Å². The van der Waals surface area contributed by atoms with Crippen molar-refractivity contribution in [3.63, 3.8) is 0 Å². The van der Waals surface area contributed by atoms with Gasteiger partial charge in [-0.3, -0.25) is 0 Å². The Bertz CT molecular complexity index is 370. The van der Waals surface area contributed by atoms with Gasteiger partial charge in [0.2, 0.25) is 5.92 Å². The summed E-state index contributed by atoms with van der Waals surface area (Å²) in [5.74, 6) is -2.21. The summed E-state index contributed by atoms with van der Waals surface area (Å²) in [5, 5.41) is 0. The predicted molar refractivity (Wildman–Crippen MR) is 70.6 cm³/mol. The first-order valence-corrected chi connectivity index (χ1v) is 7.45. The average Bonchev–Trinajstić information content (AvgIpc) is 2.63. The van der Waals surface area contributed by atoms with Crippen LogP contribution in [-0.4, -0.2) is 12.0 Å². The normalized spacial score (nSPS) is 22.6. The largest absolute Gasteiger partial charge is 0.327 e. The van der Waals surface area contributed by atoms with E-state index in [0.29, 0.717) is 12.8 Å². The molecule has 0 aromatic carbocycles. The molecule has 1 saturated carbocycles. The minimum absolute atomic E-state index is 0.000494. The third-order valence-electron chi connectivity index (χ3n) is 3.43. The number of alkyl halides is 2. The molecule has 1 aromatic heterocycles. The number of rotatable bonds is 3. The van der Waals surface area contributed by atoms with Crippen molar-refractivity contribution in [1.29, 1.82) is 0 Å². The highest BCUT2D eigenvalue weighted by Crippen LogP contribution is 2.38. The van der Waals surface area contributed by atoms with Gasteiger partial charge >= 0.3 is 0 Å². The highest BCUT2D eigenvalue weighted by Gasteiger charge is 2.36. The summed E-state index contributed by atoms with van der Waals surface area (Å²) < 4.78 is 27.1. The number of nitrogens with two attached hydrogens (primary N) is 1. The average molecular weight is 324 g/mol. The molecular formula is C12H16BrF2NS. The van der Waals surface area contributed by atoms with Gasteiger partial charge in [-0.15, -0.1) is 11.3 Å². The van der Waals surface area contributed by atoms with Crippen LogP contribution in [0.4, 0.5) is 8.78 Å². The van der Waals surface area contributed by atoms with Crippen LogP contribution in [0.25, 0.3) is 0 Å². The van der Waals surface area contributed by atoms with Gasteiger partial charge in [0.15, 0.2) is 0 Å². The van der Waals surface area contributed by atoms with Gasteiger partial charge in [0.1, 0.15) is 0 Å². The summed E-state index contributed by atoms with van der Waals surface area (Å²) in [6.45, 7) is 0. The molecule has 0 amide bonds. The summed E-state index contributed by atoms with van der Waals surface area (Å²) in [4.78, 5) is 1.22. The van der Waals surface area contributed by atoms with Crippen molar-refractivity contribution >= 4 is 27.3 Å². The molecule has 0 aliphatic heterocycles. The van der Waals surface area contributed by atoms with E-state index in [4.69, 9.17) is 5.73 Å². The fourth-order valence-electron chi connectivity index (χ4n) is 2.35. The van der Waals surface area contributed by atoms with Gasteiger partial charge in [-0.2, -0.15) is 0 Å². The topological polar surface area (TPSA) is 26.0 Å². The van der Waals surface area contributed by atoms with Crippen LogP contribution in [0.15, 0.2) is 15.9 Å². The molecule has 5 heteroatoms. The van der Waals surface area contributed by atoms with Gasteiger partial charge in [0.25, 0.3) is 0 Å². The molecule has 1 aliphatic rings. The molecule has 1 atom stereocenters. The van der Waals surface area contributed by atoms with E-state index in [0.717, 1.165) is 10.2 Å². The maximum absolute atomic E-state index is 13.0. The third kappa shape index (κ3) is 3.73. The molecule has 17 heavy (non-hydrogen) atoms. The summed E-state index contributed by atoms with van der Waals surface area (Å²) in [5.41, 5.74) is 6.12. The Morgan fingerprint density at radius 1 is 1.41 bits per heavy atom. The Balaban J connectivity index is 1.87. The monoisotopic (exact) mass is 323 g/mol. The van der Waals surface area contributed by atoms with E-state index in [1.54, 1.807) is 11.3 Å². The molecule has 1 aromatic rings. The van der Waals surface area contributed by atoms with Gasteiger partial charge < -0.3 is 5.73 Å². The Kier molecular flexibility index (Phi) is 4.21. The minimum Gasteiger partial charge on any atom is -0.327 e. The third-order valence-corrected chi connectivity index (χ3v) is 5.08. The molecule has 1 unspecified atom stereocenters. The zero-order chi connectivity index (χ0) is 12.5. The van der Waals surface area contributed by atoms with E-state index in [2.05, 4.69) is 15.9 Å². The van der Waals surface area contributed by atoms with Crippen LogP contribution < -0.4 is 5.73 Å². The number of halogens is 3. The van der Waals surface area contributed by atoms with Crippen molar-refractivity contribution < 1.29 is 8.78 Å². The quantitative estimate of drug-likeness (QED) is 0.886. The second kappa shape index (κ2) is 5.33. The van der Waals surface area contributed by atoms with E-state index >= 15 is 0 Å². The van der Waals surface area contributed by atoms with E-state index in [1.165, 1.54) is 4.88 Å². The van der Waals surface area contributed by atoms with Crippen LogP contribution in [0, 0.1) is 5.92 Å². The van der Waals surface area contributed by atoms with Crippen LogP contribution in [-0.2, 0) is 6.42 Å². The van der Waals surface area contributed by atoms with Gasteiger partial charge in [0.05, 0.1) is 3.79 Å².